The molecule has 0 radical (unpaired) electrons. The minimum atomic E-state index is -4.28. The second-order valence-corrected chi connectivity index (χ2v) is 7.84. The number of carbonyl (C=O) groups is 2. The molecule has 0 N–H and O–H groups in total. The van der Waals surface area contributed by atoms with Crippen molar-refractivity contribution in [1.29, 1.82) is 0 Å². The zero-order valence-corrected chi connectivity index (χ0v) is 13.5. The molecule has 0 aliphatic carbocycles. The van der Waals surface area contributed by atoms with Crippen molar-refractivity contribution in [3.05, 3.63) is 0 Å². The molecule has 25 heavy (non-hydrogen) atoms. The van der Waals surface area contributed by atoms with Crippen molar-refractivity contribution in [2.45, 2.75) is 35.2 Å². The molecule has 0 amide bonds. The second-order valence-electron chi connectivity index (χ2n) is 5.24. The average Bonchev–Trinajstić information content (AvgIpc) is 3.14. The monoisotopic (exact) mass is 407 g/mol. The number of carbonyl (C=O) groups excluding carboxylic acids is 2. The molecular weight excluding hydrogens is 398 g/mol. The number of fused-ring (bicyclic) bond motifs is 1. The number of rotatable bonds is 7. The summed E-state index contributed by atoms with van der Waals surface area (Å²) in [7, 11) is -3.83. The van der Waals surface area contributed by atoms with Gasteiger partial charge < -0.3 is 19.5 Å². The van der Waals surface area contributed by atoms with E-state index in [1.807, 2.05) is 0 Å². The third-order valence-electron chi connectivity index (χ3n) is 3.92. The van der Waals surface area contributed by atoms with Crippen LogP contribution in [0.3, 0.4) is 0 Å². The summed E-state index contributed by atoms with van der Waals surface area (Å²) >= 11 is -0.900. The highest BCUT2D eigenvalue weighted by Gasteiger charge is 2.67. The lowest BCUT2D eigenvalue weighted by Gasteiger charge is -2.20. The molecule has 11 nitrogen and oxygen atoms in total. The Bertz CT molecular complexity index is 668. The standard InChI is InChI=1S/C10H10F2O11S2/c11-10(12,24-23-22-15)9(14)19-2-18-8(13)5-3-1-4-6(20-3)7(5)21-25(4,16)17/h3-7,15H,1-2H2/p-1. The average molecular weight is 407 g/mol. The van der Waals surface area contributed by atoms with Gasteiger partial charge in [-0.3, -0.25) is 14.0 Å². The zero-order valence-electron chi connectivity index (χ0n) is 11.9. The van der Waals surface area contributed by atoms with Gasteiger partial charge in [-0.15, -0.1) is 0 Å². The second kappa shape index (κ2) is 6.57. The predicted octanol–water partition coefficient (Wildman–Crippen LogP) is -1.62. The van der Waals surface area contributed by atoms with Crippen LogP contribution < -0.4 is 5.26 Å². The molecule has 5 unspecified atom stereocenters. The van der Waals surface area contributed by atoms with E-state index in [9.17, 15) is 32.0 Å². The largest absolute Gasteiger partial charge is 0.691 e. The highest BCUT2D eigenvalue weighted by molar-refractivity contribution is 7.96. The van der Waals surface area contributed by atoms with Crippen LogP contribution in [-0.4, -0.2) is 56.0 Å². The van der Waals surface area contributed by atoms with E-state index in [-0.39, 0.29) is 6.42 Å². The molecule has 3 heterocycles. The lowest BCUT2D eigenvalue weighted by molar-refractivity contribution is -0.777. The summed E-state index contributed by atoms with van der Waals surface area (Å²) in [5, 5.41) is 7.01. The van der Waals surface area contributed by atoms with Crippen molar-refractivity contribution in [2.24, 2.45) is 5.92 Å². The van der Waals surface area contributed by atoms with Crippen LogP contribution in [-0.2, 0) is 47.5 Å². The first-order chi connectivity index (χ1) is 11.7. The third kappa shape index (κ3) is 3.32. The Hall–Kier alpha value is -1.10. The summed E-state index contributed by atoms with van der Waals surface area (Å²) in [5.41, 5.74) is 0. The van der Waals surface area contributed by atoms with Gasteiger partial charge in [0.25, 0.3) is 10.1 Å². The molecule has 5 atom stereocenters. The Morgan fingerprint density at radius 1 is 1.28 bits per heavy atom. The summed E-state index contributed by atoms with van der Waals surface area (Å²) in [5.74, 6) is -4.24. The van der Waals surface area contributed by atoms with Crippen LogP contribution in [0.25, 0.3) is 0 Å². The Balaban J connectivity index is 1.51. The fraction of sp³-hybridized carbons (Fsp3) is 0.800. The van der Waals surface area contributed by atoms with Gasteiger partial charge >= 0.3 is 17.2 Å². The molecule has 2 bridgehead atoms. The number of alkyl halides is 2. The van der Waals surface area contributed by atoms with E-state index in [0.717, 1.165) is 0 Å². The van der Waals surface area contributed by atoms with E-state index < -0.39 is 75.6 Å². The maximum Gasteiger partial charge on any atom is 0.415 e. The minimum absolute atomic E-state index is 0.0459. The van der Waals surface area contributed by atoms with Gasteiger partial charge in [-0.05, 0) is 6.42 Å². The lowest BCUT2D eigenvalue weighted by atomic mass is 9.86. The first-order valence-electron chi connectivity index (χ1n) is 6.61. The number of hydrogen-bond donors (Lipinski definition) is 0. The van der Waals surface area contributed by atoms with Crippen molar-refractivity contribution in [3.8, 4) is 0 Å². The molecule has 3 saturated heterocycles. The van der Waals surface area contributed by atoms with E-state index in [0.29, 0.717) is 0 Å². The molecule has 3 fully saturated rings. The molecule has 15 heteroatoms. The van der Waals surface area contributed by atoms with Gasteiger partial charge in [-0.1, -0.05) is 0 Å². The molecule has 142 valence electrons. The normalized spacial score (nSPS) is 34.9. The quantitative estimate of drug-likeness (QED) is 0.119. The summed E-state index contributed by atoms with van der Waals surface area (Å²) in [6.45, 7) is -1.16. The van der Waals surface area contributed by atoms with Crippen molar-refractivity contribution in [1.82, 2.24) is 0 Å². The molecule has 0 aromatic heterocycles. The molecule has 0 aromatic rings. The van der Waals surface area contributed by atoms with Gasteiger partial charge in [0.05, 0.1) is 6.10 Å². The number of esters is 2. The van der Waals surface area contributed by atoms with Crippen LogP contribution in [0.5, 0.6) is 0 Å². The SMILES string of the molecule is O=C(OCOC(=O)C(F)(F)SOO[O-])C1C2CC3C(O2)C1OS3(=O)=O. The topological polar surface area (TPSA) is 147 Å². The van der Waals surface area contributed by atoms with E-state index in [2.05, 4.69) is 18.8 Å². The zero-order chi connectivity index (χ0) is 18.4. The van der Waals surface area contributed by atoms with E-state index in [4.69, 9.17) is 8.92 Å². The van der Waals surface area contributed by atoms with Crippen molar-refractivity contribution >= 4 is 34.1 Å². The minimum Gasteiger partial charge on any atom is -0.691 e. The molecule has 0 saturated carbocycles. The van der Waals surface area contributed by atoms with Gasteiger partial charge in [0.2, 0.25) is 6.79 Å². The number of ether oxygens (including phenoxy) is 3. The Kier molecular flexibility index (Phi) is 4.91. The first kappa shape index (κ1) is 18.7. The Labute approximate surface area is 142 Å². The Morgan fingerprint density at radius 3 is 2.68 bits per heavy atom. The van der Waals surface area contributed by atoms with E-state index >= 15 is 0 Å². The molecule has 3 rings (SSSR count). The van der Waals surface area contributed by atoms with Crippen LogP contribution in [0.15, 0.2) is 0 Å². The van der Waals surface area contributed by atoms with Crippen LogP contribution in [0.1, 0.15) is 6.42 Å². The molecular formula is C10H9F2O11S2-. The highest BCUT2D eigenvalue weighted by Crippen LogP contribution is 2.50. The van der Waals surface area contributed by atoms with Crippen LogP contribution >= 0.6 is 12.0 Å². The van der Waals surface area contributed by atoms with Crippen molar-refractivity contribution < 1.29 is 59.8 Å². The fourth-order valence-electron chi connectivity index (χ4n) is 2.97. The maximum atomic E-state index is 13.1. The third-order valence-corrected chi connectivity index (χ3v) is 6.12. The number of hydrogen-bond acceptors (Lipinski definition) is 12. The predicted molar refractivity (Wildman–Crippen MR) is 66.1 cm³/mol. The summed E-state index contributed by atoms with van der Waals surface area (Å²) in [6, 6.07) is 0. The van der Waals surface area contributed by atoms with Crippen LogP contribution in [0, 0.1) is 5.92 Å². The van der Waals surface area contributed by atoms with Crippen LogP contribution in [0.2, 0.25) is 0 Å². The lowest BCUT2D eigenvalue weighted by Crippen LogP contribution is -2.40. The smallest absolute Gasteiger partial charge is 0.415 e. The van der Waals surface area contributed by atoms with Gasteiger partial charge in [-0.25, -0.2) is 4.79 Å². The first-order valence-corrected chi connectivity index (χ1v) is 8.82. The van der Waals surface area contributed by atoms with Gasteiger partial charge in [-0.2, -0.15) is 21.5 Å². The van der Waals surface area contributed by atoms with Crippen molar-refractivity contribution in [2.75, 3.05) is 6.79 Å². The molecule has 3 aliphatic heterocycles. The fourth-order valence-corrected chi connectivity index (χ4v) is 4.86. The van der Waals surface area contributed by atoms with E-state index in [1.54, 1.807) is 0 Å². The maximum absolute atomic E-state index is 13.1. The summed E-state index contributed by atoms with van der Waals surface area (Å²) < 4.78 is 71.6. The summed E-state index contributed by atoms with van der Waals surface area (Å²) in [6.07, 6.45) is -2.55. The van der Waals surface area contributed by atoms with Crippen molar-refractivity contribution in [3.63, 3.8) is 0 Å². The highest BCUT2D eigenvalue weighted by atomic mass is 32.2. The van der Waals surface area contributed by atoms with Gasteiger partial charge in [0, 0.05) is 0 Å². The van der Waals surface area contributed by atoms with Gasteiger partial charge in [0.15, 0.2) is 0 Å². The number of halogens is 2. The Morgan fingerprint density at radius 2 is 2.00 bits per heavy atom. The van der Waals surface area contributed by atoms with E-state index in [1.165, 1.54) is 0 Å². The summed E-state index contributed by atoms with van der Waals surface area (Å²) in [4.78, 5) is 23.1. The van der Waals surface area contributed by atoms with Crippen LogP contribution in [0.4, 0.5) is 8.78 Å². The van der Waals surface area contributed by atoms with Gasteiger partial charge in [0.1, 0.15) is 35.4 Å². The molecule has 3 aliphatic rings. The molecule has 0 aromatic carbocycles. The molecule has 0 spiro atoms.